The first-order valence-electron chi connectivity index (χ1n) is 16.2. The van der Waals surface area contributed by atoms with Gasteiger partial charge in [-0.05, 0) is 90.1 Å². The summed E-state index contributed by atoms with van der Waals surface area (Å²) in [6.07, 6.45) is 0. The van der Waals surface area contributed by atoms with Crippen molar-refractivity contribution >= 4 is 60.2 Å². The lowest BCUT2D eigenvalue weighted by molar-refractivity contribution is 1.29. The fourth-order valence-electron chi connectivity index (χ4n) is 7.25. The van der Waals surface area contributed by atoms with Crippen molar-refractivity contribution in [1.29, 1.82) is 0 Å². The molecule has 0 radical (unpaired) electrons. The second-order valence-corrected chi connectivity index (χ2v) is 12.1. The molecule has 0 heterocycles. The van der Waals surface area contributed by atoms with Gasteiger partial charge in [-0.1, -0.05) is 158 Å². The van der Waals surface area contributed by atoms with E-state index < -0.39 is 0 Å². The Morgan fingerprint density at radius 2 is 0.766 bits per heavy atom. The summed E-state index contributed by atoms with van der Waals surface area (Å²) in [4.78, 5) is 2.43. The van der Waals surface area contributed by atoms with Gasteiger partial charge in [0.05, 0.1) is 5.69 Å². The van der Waals surface area contributed by atoms with E-state index in [0.29, 0.717) is 0 Å². The molecule has 0 bridgehead atoms. The van der Waals surface area contributed by atoms with Crippen LogP contribution in [0.1, 0.15) is 0 Å². The van der Waals surface area contributed by atoms with Crippen LogP contribution in [-0.2, 0) is 0 Å². The number of hydrogen-bond acceptors (Lipinski definition) is 1. The van der Waals surface area contributed by atoms with Gasteiger partial charge < -0.3 is 4.90 Å². The third kappa shape index (κ3) is 4.64. The van der Waals surface area contributed by atoms with Crippen molar-refractivity contribution in [3.05, 3.63) is 188 Å². The standard InChI is InChI=1S/C46H31N/c1-2-13-32(14-3-1)33-25-27-35(28-26-33)47(46-24-11-10-22-44(46)38-23-12-16-34-15-4-5-17-37(34)38)36-29-30-43-41-20-7-6-18-39(41)40-19-8-9-21-42(40)45(43)31-36/h1-31H. The minimum absolute atomic E-state index is 1.11. The van der Waals surface area contributed by atoms with Crippen molar-refractivity contribution in [3.63, 3.8) is 0 Å². The van der Waals surface area contributed by atoms with Crippen LogP contribution in [0.3, 0.4) is 0 Å². The fourth-order valence-corrected chi connectivity index (χ4v) is 7.25. The van der Waals surface area contributed by atoms with Crippen LogP contribution in [-0.4, -0.2) is 0 Å². The van der Waals surface area contributed by atoms with Gasteiger partial charge in [0.2, 0.25) is 0 Å². The molecule has 0 saturated carbocycles. The summed E-state index contributed by atoms with van der Waals surface area (Å²) in [6, 6.07) is 68.2. The van der Waals surface area contributed by atoms with Gasteiger partial charge >= 0.3 is 0 Å². The van der Waals surface area contributed by atoms with E-state index in [9.17, 15) is 0 Å². The zero-order valence-corrected chi connectivity index (χ0v) is 25.8. The first-order valence-corrected chi connectivity index (χ1v) is 16.2. The second kappa shape index (κ2) is 11.3. The number of rotatable bonds is 5. The van der Waals surface area contributed by atoms with E-state index in [4.69, 9.17) is 0 Å². The molecule has 0 unspecified atom stereocenters. The first kappa shape index (κ1) is 27.2. The Labute approximate surface area is 274 Å². The zero-order valence-electron chi connectivity index (χ0n) is 25.8. The Bertz CT molecular complexity index is 2520. The molecule has 220 valence electrons. The Hall–Kier alpha value is -6.18. The molecule has 1 heteroatoms. The van der Waals surface area contributed by atoms with Crippen molar-refractivity contribution in [2.45, 2.75) is 0 Å². The number of fused-ring (bicyclic) bond motifs is 7. The molecule has 9 rings (SSSR count). The molecular weight excluding hydrogens is 567 g/mol. The molecule has 9 aromatic rings. The molecule has 0 N–H and O–H groups in total. The maximum Gasteiger partial charge on any atom is 0.0540 e. The number of benzene rings is 9. The van der Waals surface area contributed by atoms with Crippen LogP contribution in [0.4, 0.5) is 17.1 Å². The van der Waals surface area contributed by atoms with Gasteiger partial charge in [-0.25, -0.2) is 0 Å². The molecular formula is C46H31N. The number of hydrogen-bond donors (Lipinski definition) is 0. The van der Waals surface area contributed by atoms with Gasteiger partial charge in [0, 0.05) is 16.9 Å². The third-order valence-corrected chi connectivity index (χ3v) is 9.44. The Kier molecular flexibility index (Phi) is 6.54. The lowest BCUT2D eigenvalue weighted by Gasteiger charge is -2.29. The molecule has 0 spiro atoms. The summed E-state index contributed by atoms with van der Waals surface area (Å²) in [5, 5.41) is 10.1. The molecule has 0 fully saturated rings. The van der Waals surface area contributed by atoms with Gasteiger partial charge in [-0.15, -0.1) is 0 Å². The zero-order chi connectivity index (χ0) is 31.2. The molecule has 0 saturated heterocycles. The topological polar surface area (TPSA) is 3.24 Å². The predicted molar refractivity (Wildman–Crippen MR) is 202 cm³/mol. The van der Waals surface area contributed by atoms with E-state index in [1.54, 1.807) is 0 Å². The van der Waals surface area contributed by atoms with Crippen molar-refractivity contribution in [1.82, 2.24) is 0 Å². The highest BCUT2D eigenvalue weighted by Crippen LogP contribution is 2.45. The van der Waals surface area contributed by atoms with Crippen LogP contribution in [0.5, 0.6) is 0 Å². The van der Waals surface area contributed by atoms with Gasteiger partial charge in [-0.3, -0.25) is 0 Å². The second-order valence-electron chi connectivity index (χ2n) is 12.1. The van der Waals surface area contributed by atoms with Crippen molar-refractivity contribution in [2.24, 2.45) is 0 Å². The summed E-state index contributed by atoms with van der Waals surface area (Å²) >= 11 is 0. The van der Waals surface area contributed by atoms with Crippen molar-refractivity contribution in [3.8, 4) is 22.3 Å². The quantitative estimate of drug-likeness (QED) is 0.178. The molecule has 0 amide bonds. The van der Waals surface area contributed by atoms with Crippen LogP contribution in [0.2, 0.25) is 0 Å². The number of para-hydroxylation sites is 1. The van der Waals surface area contributed by atoms with Gasteiger partial charge in [-0.2, -0.15) is 0 Å². The first-order chi connectivity index (χ1) is 23.3. The molecule has 0 aliphatic carbocycles. The Morgan fingerprint density at radius 3 is 1.49 bits per heavy atom. The summed E-state index contributed by atoms with van der Waals surface area (Å²) in [6.45, 7) is 0. The van der Waals surface area contributed by atoms with Crippen molar-refractivity contribution < 1.29 is 0 Å². The van der Waals surface area contributed by atoms with Gasteiger partial charge in [0.25, 0.3) is 0 Å². The maximum absolute atomic E-state index is 2.43. The van der Waals surface area contributed by atoms with Crippen molar-refractivity contribution in [2.75, 3.05) is 4.90 Å². The highest BCUT2D eigenvalue weighted by Gasteiger charge is 2.19. The number of anilines is 3. The molecule has 0 aromatic heterocycles. The SMILES string of the molecule is c1ccc(-c2ccc(N(c3ccc4c5ccccc5c5ccccc5c4c3)c3ccccc3-c3cccc4ccccc34)cc2)cc1. The molecule has 47 heavy (non-hydrogen) atoms. The minimum atomic E-state index is 1.11. The maximum atomic E-state index is 2.43. The lowest BCUT2D eigenvalue weighted by atomic mass is 9.93. The largest absolute Gasteiger partial charge is 0.310 e. The van der Waals surface area contributed by atoms with E-state index >= 15 is 0 Å². The van der Waals surface area contributed by atoms with E-state index in [2.05, 4.69) is 193 Å². The predicted octanol–water partition coefficient (Wildman–Crippen LogP) is 13.1. The highest BCUT2D eigenvalue weighted by atomic mass is 15.1. The molecule has 9 aromatic carbocycles. The molecule has 0 atom stereocenters. The molecule has 0 aliphatic heterocycles. The average Bonchev–Trinajstić information content (AvgIpc) is 3.16. The van der Waals surface area contributed by atoms with E-state index in [-0.39, 0.29) is 0 Å². The van der Waals surface area contributed by atoms with Crippen LogP contribution >= 0.6 is 0 Å². The molecule has 1 nitrogen and oxygen atoms in total. The summed E-state index contributed by atoms with van der Waals surface area (Å²) in [5.41, 5.74) is 8.21. The lowest BCUT2D eigenvalue weighted by Crippen LogP contribution is -2.11. The average molecular weight is 598 g/mol. The van der Waals surface area contributed by atoms with E-state index in [1.807, 2.05) is 0 Å². The number of nitrogens with zero attached hydrogens (tertiary/aromatic N) is 1. The minimum Gasteiger partial charge on any atom is -0.310 e. The molecule has 0 aliphatic rings. The Balaban J connectivity index is 1.31. The normalized spacial score (nSPS) is 11.4. The van der Waals surface area contributed by atoms with Gasteiger partial charge in [0.1, 0.15) is 0 Å². The van der Waals surface area contributed by atoms with Crippen LogP contribution in [0.15, 0.2) is 188 Å². The summed E-state index contributed by atoms with van der Waals surface area (Å²) in [5.74, 6) is 0. The van der Waals surface area contributed by atoms with Crippen LogP contribution in [0, 0.1) is 0 Å². The Morgan fingerprint density at radius 1 is 0.277 bits per heavy atom. The van der Waals surface area contributed by atoms with Crippen LogP contribution < -0.4 is 4.90 Å². The van der Waals surface area contributed by atoms with E-state index in [0.717, 1.165) is 17.1 Å². The smallest absolute Gasteiger partial charge is 0.0540 e. The summed E-state index contributed by atoms with van der Waals surface area (Å²) in [7, 11) is 0. The van der Waals surface area contributed by atoms with Gasteiger partial charge in [0.15, 0.2) is 0 Å². The monoisotopic (exact) mass is 597 g/mol. The third-order valence-electron chi connectivity index (χ3n) is 9.44. The van der Waals surface area contributed by atoms with E-state index in [1.165, 1.54) is 65.3 Å². The fraction of sp³-hybridized carbons (Fsp3) is 0. The summed E-state index contributed by atoms with van der Waals surface area (Å²) < 4.78 is 0. The highest BCUT2D eigenvalue weighted by molar-refractivity contribution is 6.25. The van der Waals surface area contributed by atoms with Crippen LogP contribution in [0.25, 0.3) is 65.3 Å².